The summed E-state index contributed by atoms with van der Waals surface area (Å²) in [4.78, 5) is 13.8. The maximum Gasteiger partial charge on any atom is 0.234 e. The molecule has 1 aliphatic rings. The summed E-state index contributed by atoms with van der Waals surface area (Å²) in [6, 6.07) is 0.337. The zero-order chi connectivity index (χ0) is 11.5. The lowest BCUT2D eigenvalue weighted by molar-refractivity contribution is -0.121. The first-order valence-electron chi connectivity index (χ1n) is 5.60. The molecular weight excluding hydrogens is 190 g/mol. The van der Waals surface area contributed by atoms with Crippen LogP contribution in [0.25, 0.3) is 0 Å². The molecule has 1 saturated heterocycles. The smallest absolute Gasteiger partial charge is 0.234 e. The van der Waals surface area contributed by atoms with E-state index in [1.54, 1.807) is 0 Å². The highest BCUT2D eigenvalue weighted by Crippen LogP contribution is 2.05. The summed E-state index contributed by atoms with van der Waals surface area (Å²) in [5, 5.41) is 6.22. The maximum atomic E-state index is 11.6. The number of nitrogens with one attached hydrogen (secondary N) is 2. The van der Waals surface area contributed by atoms with E-state index in [0.717, 1.165) is 19.5 Å². The fraction of sp³-hybridized carbons (Fsp3) is 0.909. The number of amides is 1. The zero-order valence-corrected chi connectivity index (χ0v) is 10.3. The van der Waals surface area contributed by atoms with Gasteiger partial charge in [-0.25, -0.2) is 0 Å². The minimum Gasteiger partial charge on any atom is -0.351 e. The Kier molecular flexibility index (Phi) is 4.11. The summed E-state index contributed by atoms with van der Waals surface area (Å²) in [5.41, 5.74) is 0.00378. The fourth-order valence-electron chi connectivity index (χ4n) is 1.68. The first-order chi connectivity index (χ1) is 6.87. The molecule has 1 aliphatic heterocycles. The Morgan fingerprint density at radius 3 is 2.60 bits per heavy atom. The molecule has 0 aromatic carbocycles. The van der Waals surface area contributed by atoms with Crippen molar-refractivity contribution in [1.82, 2.24) is 15.5 Å². The lowest BCUT2D eigenvalue weighted by Gasteiger charge is -2.21. The molecule has 1 atom stereocenters. The van der Waals surface area contributed by atoms with E-state index in [9.17, 15) is 4.79 Å². The zero-order valence-electron chi connectivity index (χ0n) is 10.3. The predicted octanol–water partition coefficient (Wildman–Crippen LogP) is 0.195. The van der Waals surface area contributed by atoms with Gasteiger partial charge in [-0.1, -0.05) is 0 Å². The molecule has 0 saturated carbocycles. The molecule has 0 aromatic rings. The molecule has 15 heavy (non-hydrogen) atoms. The van der Waals surface area contributed by atoms with Crippen LogP contribution in [0.2, 0.25) is 0 Å². The van der Waals surface area contributed by atoms with Crippen LogP contribution < -0.4 is 10.6 Å². The standard InChI is InChI=1S/C11H23N3O/c1-11(2,3)12-7-10(15)13-9-5-6-14(4)8-9/h9,12H,5-8H2,1-4H3,(H,13,15)/t9-/m0/s1. The average Bonchev–Trinajstić information content (AvgIpc) is 2.47. The number of hydrogen-bond donors (Lipinski definition) is 2. The molecule has 0 bridgehead atoms. The van der Waals surface area contributed by atoms with E-state index in [2.05, 4.69) is 43.4 Å². The van der Waals surface area contributed by atoms with Crippen LogP contribution in [0.3, 0.4) is 0 Å². The second kappa shape index (κ2) is 4.94. The van der Waals surface area contributed by atoms with E-state index in [0.29, 0.717) is 12.6 Å². The van der Waals surface area contributed by atoms with Crippen LogP contribution in [0.15, 0.2) is 0 Å². The number of carbonyl (C=O) groups is 1. The normalized spacial score (nSPS) is 23.1. The molecule has 1 fully saturated rings. The molecule has 1 amide bonds. The molecule has 1 heterocycles. The van der Waals surface area contributed by atoms with Gasteiger partial charge in [-0.05, 0) is 40.8 Å². The van der Waals surface area contributed by atoms with E-state index >= 15 is 0 Å². The Balaban J connectivity index is 2.19. The third-order valence-corrected chi connectivity index (χ3v) is 2.54. The topological polar surface area (TPSA) is 44.4 Å². The fourth-order valence-corrected chi connectivity index (χ4v) is 1.68. The van der Waals surface area contributed by atoms with Crippen LogP contribution >= 0.6 is 0 Å². The van der Waals surface area contributed by atoms with Crippen LogP contribution in [0.4, 0.5) is 0 Å². The lowest BCUT2D eigenvalue weighted by atomic mass is 10.1. The lowest BCUT2D eigenvalue weighted by Crippen LogP contribution is -2.46. The monoisotopic (exact) mass is 213 g/mol. The first-order valence-corrected chi connectivity index (χ1v) is 5.60. The van der Waals surface area contributed by atoms with Crippen LogP contribution in [-0.4, -0.2) is 49.1 Å². The Morgan fingerprint density at radius 1 is 1.47 bits per heavy atom. The van der Waals surface area contributed by atoms with Crippen LogP contribution in [-0.2, 0) is 4.79 Å². The predicted molar refractivity (Wildman–Crippen MR) is 61.8 cm³/mol. The quantitative estimate of drug-likeness (QED) is 0.703. The molecule has 4 nitrogen and oxygen atoms in total. The Hall–Kier alpha value is -0.610. The van der Waals surface area contributed by atoms with Crippen molar-refractivity contribution in [1.29, 1.82) is 0 Å². The van der Waals surface area contributed by atoms with Crippen LogP contribution in [0.1, 0.15) is 27.2 Å². The number of carbonyl (C=O) groups excluding carboxylic acids is 1. The Morgan fingerprint density at radius 2 is 2.13 bits per heavy atom. The van der Waals surface area contributed by atoms with Crippen molar-refractivity contribution in [2.45, 2.75) is 38.8 Å². The SMILES string of the molecule is CN1CC[C@H](NC(=O)CNC(C)(C)C)C1. The van der Waals surface area contributed by atoms with Gasteiger partial charge >= 0.3 is 0 Å². The van der Waals surface area contributed by atoms with Crippen molar-refractivity contribution >= 4 is 5.91 Å². The molecule has 4 heteroatoms. The van der Waals surface area contributed by atoms with Gasteiger partial charge < -0.3 is 15.5 Å². The average molecular weight is 213 g/mol. The van der Waals surface area contributed by atoms with Gasteiger partial charge in [0, 0.05) is 18.1 Å². The minimum absolute atomic E-state index is 0.00378. The molecule has 2 N–H and O–H groups in total. The third-order valence-electron chi connectivity index (χ3n) is 2.54. The van der Waals surface area contributed by atoms with Gasteiger partial charge in [0.05, 0.1) is 6.54 Å². The van der Waals surface area contributed by atoms with Gasteiger partial charge in [0.1, 0.15) is 0 Å². The Bertz CT molecular complexity index is 222. The number of likely N-dealkylation sites (tertiary alicyclic amines) is 1. The van der Waals surface area contributed by atoms with Crippen molar-refractivity contribution in [3.63, 3.8) is 0 Å². The molecule has 0 aromatic heterocycles. The largest absolute Gasteiger partial charge is 0.351 e. The van der Waals surface area contributed by atoms with Crippen LogP contribution in [0, 0.1) is 0 Å². The van der Waals surface area contributed by atoms with E-state index in [1.165, 1.54) is 0 Å². The first kappa shape index (κ1) is 12.5. The van der Waals surface area contributed by atoms with Crippen molar-refractivity contribution < 1.29 is 4.79 Å². The molecule has 0 radical (unpaired) electrons. The maximum absolute atomic E-state index is 11.6. The number of nitrogens with zero attached hydrogens (tertiary/aromatic N) is 1. The van der Waals surface area contributed by atoms with Crippen molar-refractivity contribution in [3.05, 3.63) is 0 Å². The van der Waals surface area contributed by atoms with E-state index in [1.807, 2.05) is 0 Å². The summed E-state index contributed by atoms with van der Waals surface area (Å²) in [7, 11) is 2.08. The van der Waals surface area contributed by atoms with Gasteiger partial charge in [0.25, 0.3) is 0 Å². The van der Waals surface area contributed by atoms with Crippen molar-refractivity contribution in [3.8, 4) is 0 Å². The number of rotatable bonds is 3. The molecule has 0 aliphatic carbocycles. The summed E-state index contributed by atoms with van der Waals surface area (Å²) in [6.07, 6.45) is 1.07. The van der Waals surface area contributed by atoms with Gasteiger partial charge in [0.2, 0.25) is 5.91 Å². The summed E-state index contributed by atoms with van der Waals surface area (Å²) >= 11 is 0. The molecule has 0 spiro atoms. The van der Waals surface area contributed by atoms with Crippen LogP contribution in [0.5, 0.6) is 0 Å². The second-order valence-corrected chi connectivity index (χ2v) is 5.42. The molecule has 1 rings (SSSR count). The molecule has 0 unspecified atom stereocenters. The van der Waals surface area contributed by atoms with Gasteiger partial charge in [0.15, 0.2) is 0 Å². The highest BCUT2D eigenvalue weighted by atomic mass is 16.2. The summed E-state index contributed by atoms with van der Waals surface area (Å²) in [5.74, 6) is 0.102. The highest BCUT2D eigenvalue weighted by molar-refractivity contribution is 5.78. The second-order valence-electron chi connectivity index (χ2n) is 5.42. The van der Waals surface area contributed by atoms with E-state index in [-0.39, 0.29) is 11.4 Å². The van der Waals surface area contributed by atoms with E-state index < -0.39 is 0 Å². The summed E-state index contributed by atoms with van der Waals surface area (Å²) < 4.78 is 0. The van der Waals surface area contributed by atoms with Crippen molar-refractivity contribution in [2.75, 3.05) is 26.7 Å². The van der Waals surface area contributed by atoms with Crippen molar-refractivity contribution in [2.24, 2.45) is 0 Å². The van der Waals surface area contributed by atoms with E-state index in [4.69, 9.17) is 0 Å². The highest BCUT2D eigenvalue weighted by Gasteiger charge is 2.21. The number of likely N-dealkylation sites (N-methyl/N-ethyl adjacent to an activating group) is 1. The van der Waals surface area contributed by atoms with Gasteiger partial charge in [-0.15, -0.1) is 0 Å². The molecular formula is C11H23N3O. The van der Waals surface area contributed by atoms with Gasteiger partial charge in [-0.3, -0.25) is 4.79 Å². The minimum atomic E-state index is 0.00378. The molecule has 88 valence electrons. The number of hydrogen-bond acceptors (Lipinski definition) is 3. The third kappa shape index (κ3) is 5.14. The van der Waals surface area contributed by atoms with Gasteiger partial charge in [-0.2, -0.15) is 0 Å². The summed E-state index contributed by atoms with van der Waals surface area (Å²) in [6.45, 7) is 8.64. The Labute approximate surface area is 92.4 Å².